The van der Waals surface area contributed by atoms with Crippen LogP contribution in [0.5, 0.6) is 0 Å². The summed E-state index contributed by atoms with van der Waals surface area (Å²) in [5.74, 6) is 0.226. The molecule has 2 N–H and O–H groups in total. The predicted molar refractivity (Wildman–Crippen MR) is 101 cm³/mol. The second kappa shape index (κ2) is 6.81. The smallest absolute Gasteiger partial charge is 0.261 e. The van der Waals surface area contributed by atoms with Gasteiger partial charge in [-0.25, -0.2) is 9.37 Å². The van der Waals surface area contributed by atoms with E-state index in [1.54, 1.807) is 17.4 Å². The van der Waals surface area contributed by atoms with Crippen LogP contribution in [0.1, 0.15) is 38.9 Å². The Kier molecular flexibility index (Phi) is 4.50. The average Bonchev–Trinajstić information content (AvgIpc) is 3.17. The number of fused-ring (bicyclic) bond motifs is 2. The van der Waals surface area contributed by atoms with Crippen molar-refractivity contribution >= 4 is 28.3 Å². The molecule has 0 radical (unpaired) electrons. The Morgan fingerprint density at radius 1 is 1.35 bits per heavy atom. The molecule has 0 spiro atoms. The normalized spacial score (nSPS) is 16.3. The van der Waals surface area contributed by atoms with E-state index in [2.05, 4.69) is 27.2 Å². The van der Waals surface area contributed by atoms with Crippen LogP contribution in [-0.4, -0.2) is 40.9 Å². The lowest BCUT2D eigenvalue weighted by atomic mass is 10.1. The number of nitrogens with zero attached hydrogens (tertiary/aromatic N) is 2. The van der Waals surface area contributed by atoms with Crippen molar-refractivity contribution in [3.8, 4) is 0 Å². The largest absolute Gasteiger partial charge is 0.342 e. The lowest BCUT2D eigenvalue weighted by molar-refractivity contribution is 0.0942. The second-order valence-electron chi connectivity index (χ2n) is 6.84. The van der Waals surface area contributed by atoms with E-state index >= 15 is 0 Å². The lowest BCUT2D eigenvalue weighted by Crippen LogP contribution is -2.26. The average molecular weight is 372 g/mol. The number of nitrogens with one attached hydrogen (secondary N) is 2. The van der Waals surface area contributed by atoms with Gasteiger partial charge in [0.05, 0.1) is 22.0 Å². The quantitative estimate of drug-likeness (QED) is 0.742. The summed E-state index contributed by atoms with van der Waals surface area (Å²) in [6.07, 6.45) is 1.98. The molecule has 2 aromatic heterocycles. The van der Waals surface area contributed by atoms with E-state index in [9.17, 15) is 9.18 Å². The maximum atomic E-state index is 13.3. The van der Waals surface area contributed by atoms with Gasteiger partial charge in [-0.3, -0.25) is 4.79 Å². The van der Waals surface area contributed by atoms with Crippen molar-refractivity contribution in [3.63, 3.8) is 0 Å². The number of benzene rings is 1. The number of halogens is 1. The van der Waals surface area contributed by atoms with Crippen molar-refractivity contribution in [2.45, 2.75) is 25.8 Å². The summed E-state index contributed by atoms with van der Waals surface area (Å²) in [7, 11) is 2.13. The maximum absolute atomic E-state index is 13.3. The molecule has 1 unspecified atom stereocenters. The van der Waals surface area contributed by atoms with E-state index in [4.69, 9.17) is 0 Å². The summed E-state index contributed by atoms with van der Waals surface area (Å²) in [5, 5.41) is 3.00. The van der Waals surface area contributed by atoms with Crippen molar-refractivity contribution in [1.29, 1.82) is 0 Å². The Balaban J connectivity index is 1.49. The number of carbonyl (C=O) groups excluding carboxylic acids is 1. The predicted octanol–water partition coefficient (Wildman–Crippen LogP) is 3.28. The molecule has 7 heteroatoms. The van der Waals surface area contributed by atoms with Gasteiger partial charge in [0, 0.05) is 18.0 Å². The van der Waals surface area contributed by atoms with Crippen LogP contribution in [-0.2, 0) is 12.8 Å². The summed E-state index contributed by atoms with van der Waals surface area (Å²) in [6, 6.07) is 6.16. The molecule has 3 aromatic rings. The Labute approximate surface area is 155 Å². The molecule has 4 rings (SSSR count). The van der Waals surface area contributed by atoms with Crippen molar-refractivity contribution in [2.75, 3.05) is 20.1 Å². The second-order valence-corrected chi connectivity index (χ2v) is 7.98. The van der Waals surface area contributed by atoms with Gasteiger partial charge in [-0.1, -0.05) is 0 Å². The highest BCUT2D eigenvalue weighted by atomic mass is 32.1. The molecule has 0 bridgehead atoms. The van der Waals surface area contributed by atoms with Crippen LogP contribution in [0, 0.1) is 5.82 Å². The Bertz CT molecular complexity index is 938. The highest BCUT2D eigenvalue weighted by Crippen LogP contribution is 2.26. The van der Waals surface area contributed by atoms with Crippen LogP contribution in [0.3, 0.4) is 0 Å². The van der Waals surface area contributed by atoms with Gasteiger partial charge in [0.25, 0.3) is 5.91 Å². The van der Waals surface area contributed by atoms with E-state index in [1.807, 2.05) is 13.0 Å². The molecule has 26 heavy (non-hydrogen) atoms. The third-order valence-electron chi connectivity index (χ3n) is 4.82. The topological polar surface area (TPSA) is 61.0 Å². The number of hydrogen-bond acceptors (Lipinski definition) is 4. The number of carbonyl (C=O) groups is 1. The first-order valence-corrected chi connectivity index (χ1v) is 9.57. The molecule has 1 atom stereocenters. The molecule has 0 fully saturated rings. The number of amides is 1. The molecular formula is C19H21FN4OS. The molecule has 1 aromatic carbocycles. The molecule has 0 saturated heterocycles. The first kappa shape index (κ1) is 17.2. The molecular weight excluding hydrogens is 351 g/mol. The zero-order valence-corrected chi connectivity index (χ0v) is 15.6. The van der Waals surface area contributed by atoms with E-state index in [0.717, 1.165) is 30.8 Å². The SMILES string of the molecule is CC(NC(=O)c1cc2c(s1)CCN(C)CC2)c1nc2ccc(F)cc2[nH]1. The van der Waals surface area contributed by atoms with Crippen LogP contribution in [0.4, 0.5) is 4.39 Å². The van der Waals surface area contributed by atoms with E-state index in [-0.39, 0.29) is 17.8 Å². The Morgan fingerprint density at radius 2 is 2.15 bits per heavy atom. The minimum atomic E-state index is -0.310. The third-order valence-corrected chi connectivity index (χ3v) is 6.06. The van der Waals surface area contributed by atoms with Gasteiger partial charge < -0.3 is 15.2 Å². The number of aromatic nitrogens is 2. The van der Waals surface area contributed by atoms with Gasteiger partial charge >= 0.3 is 0 Å². The summed E-state index contributed by atoms with van der Waals surface area (Å²) >= 11 is 1.58. The fourth-order valence-corrected chi connectivity index (χ4v) is 4.36. The summed E-state index contributed by atoms with van der Waals surface area (Å²) in [4.78, 5) is 24.6. The molecule has 0 aliphatic carbocycles. The Hall–Kier alpha value is -2.25. The molecule has 0 saturated carbocycles. The minimum Gasteiger partial charge on any atom is -0.342 e. The number of hydrogen-bond donors (Lipinski definition) is 2. The number of imidazole rings is 1. The number of thiophene rings is 1. The number of aromatic amines is 1. The fraction of sp³-hybridized carbons (Fsp3) is 0.368. The number of likely N-dealkylation sites (N-methyl/N-ethyl adjacent to an activating group) is 1. The van der Waals surface area contributed by atoms with Gasteiger partial charge in [0.1, 0.15) is 11.6 Å². The molecule has 136 valence electrons. The highest BCUT2D eigenvalue weighted by molar-refractivity contribution is 7.14. The summed E-state index contributed by atoms with van der Waals surface area (Å²) < 4.78 is 13.3. The van der Waals surface area contributed by atoms with E-state index in [1.165, 1.54) is 22.6 Å². The van der Waals surface area contributed by atoms with Crippen LogP contribution in [0.15, 0.2) is 24.3 Å². The number of rotatable bonds is 3. The van der Waals surface area contributed by atoms with Crippen LogP contribution in [0.2, 0.25) is 0 Å². The fourth-order valence-electron chi connectivity index (χ4n) is 3.26. The van der Waals surface area contributed by atoms with Crippen LogP contribution >= 0.6 is 11.3 Å². The zero-order valence-electron chi connectivity index (χ0n) is 14.8. The molecule has 5 nitrogen and oxygen atoms in total. The molecule has 3 heterocycles. The molecule has 1 amide bonds. The minimum absolute atomic E-state index is 0.0874. The number of H-pyrrole nitrogens is 1. The molecule has 1 aliphatic rings. The van der Waals surface area contributed by atoms with Crippen molar-refractivity contribution in [2.24, 2.45) is 0 Å². The van der Waals surface area contributed by atoms with Crippen LogP contribution < -0.4 is 5.32 Å². The van der Waals surface area contributed by atoms with E-state index in [0.29, 0.717) is 16.9 Å². The summed E-state index contributed by atoms with van der Waals surface area (Å²) in [6.45, 7) is 3.93. The van der Waals surface area contributed by atoms with Crippen molar-refractivity contribution < 1.29 is 9.18 Å². The van der Waals surface area contributed by atoms with Gasteiger partial charge in [0.2, 0.25) is 0 Å². The Morgan fingerprint density at radius 3 is 3.00 bits per heavy atom. The molecule has 1 aliphatic heterocycles. The van der Waals surface area contributed by atoms with Gasteiger partial charge in [0.15, 0.2) is 0 Å². The van der Waals surface area contributed by atoms with Gasteiger partial charge in [-0.15, -0.1) is 11.3 Å². The summed E-state index contributed by atoms with van der Waals surface area (Å²) in [5.41, 5.74) is 2.61. The first-order chi connectivity index (χ1) is 12.5. The van der Waals surface area contributed by atoms with Crippen molar-refractivity contribution in [3.05, 3.63) is 51.2 Å². The van der Waals surface area contributed by atoms with Crippen molar-refractivity contribution in [1.82, 2.24) is 20.2 Å². The first-order valence-electron chi connectivity index (χ1n) is 8.76. The zero-order chi connectivity index (χ0) is 18.3. The highest BCUT2D eigenvalue weighted by Gasteiger charge is 2.20. The van der Waals surface area contributed by atoms with Gasteiger partial charge in [-0.05, 0) is 56.6 Å². The standard InChI is InChI=1S/C19H21FN4OS/c1-11(18-22-14-4-3-13(20)10-15(14)23-18)21-19(25)17-9-12-5-7-24(2)8-6-16(12)26-17/h3-4,9-11H,5-8H2,1-2H3,(H,21,25)(H,22,23). The van der Waals surface area contributed by atoms with Gasteiger partial charge in [-0.2, -0.15) is 0 Å². The lowest BCUT2D eigenvalue weighted by Gasteiger charge is -2.12. The monoisotopic (exact) mass is 372 g/mol. The van der Waals surface area contributed by atoms with E-state index < -0.39 is 0 Å². The van der Waals surface area contributed by atoms with Crippen LogP contribution in [0.25, 0.3) is 11.0 Å². The maximum Gasteiger partial charge on any atom is 0.261 e. The third kappa shape index (κ3) is 3.37.